The third-order valence-corrected chi connectivity index (χ3v) is 4.00. The predicted molar refractivity (Wildman–Crippen MR) is 85.8 cm³/mol. The van der Waals surface area contributed by atoms with Gasteiger partial charge in [-0.25, -0.2) is 22.0 Å². The Morgan fingerprint density at radius 3 is 1.56 bits per heavy atom. The van der Waals surface area contributed by atoms with E-state index in [-0.39, 0.29) is 6.54 Å². The lowest BCUT2D eigenvalue weighted by Gasteiger charge is -2.09. The minimum atomic E-state index is -2.27. The summed E-state index contributed by atoms with van der Waals surface area (Å²) in [6, 6.07) is 0. The van der Waals surface area contributed by atoms with E-state index >= 15 is 0 Å². The zero-order valence-corrected chi connectivity index (χ0v) is 14.4. The summed E-state index contributed by atoms with van der Waals surface area (Å²) in [5.74, 6) is -12.0. The van der Waals surface area contributed by atoms with Crippen molar-refractivity contribution in [2.45, 2.75) is 64.7 Å². The molecule has 0 saturated heterocycles. The average Bonchev–Trinajstić information content (AvgIpc) is 2.60. The van der Waals surface area contributed by atoms with Crippen LogP contribution in [0.15, 0.2) is 0 Å². The molecule has 0 atom stereocenters. The average molecular weight is 365 g/mol. The molecule has 1 amide bonds. The highest BCUT2D eigenvalue weighted by molar-refractivity contribution is 5.94. The van der Waals surface area contributed by atoms with E-state index in [9.17, 15) is 26.7 Å². The quantitative estimate of drug-likeness (QED) is 0.234. The van der Waals surface area contributed by atoms with Gasteiger partial charge in [-0.3, -0.25) is 4.79 Å². The van der Waals surface area contributed by atoms with Crippen LogP contribution in [0.1, 0.15) is 75.1 Å². The van der Waals surface area contributed by atoms with Crippen molar-refractivity contribution >= 4 is 5.91 Å². The fraction of sp³-hybridized carbons (Fsp3) is 0.611. The lowest BCUT2D eigenvalue weighted by molar-refractivity contribution is 0.0941. The minimum absolute atomic E-state index is 0.119. The summed E-state index contributed by atoms with van der Waals surface area (Å²) in [5.41, 5.74) is -1.44. The third-order valence-electron chi connectivity index (χ3n) is 4.00. The number of hydrogen-bond donors (Lipinski definition) is 1. The van der Waals surface area contributed by atoms with Crippen LogP contribution in [0.5, 0.6) is 0 Å². The molecular weight excluding hydrogens is 341 g/mol. The van der Waals surface area contributed by atoms with Crippen LogP contribution < -0.4 is 5.32 Å². The molecule has 0 saturated carbocycles. The number of benzene rings is 1. The van der Waals surface area contributed by atoms with E-state index in [4.69, 9.17) is 0 Å². The Morgan fingerprint density at radius 1 is 0.680 bits per heavy atom. The number of carbonyl (C=O) groups is 1. The van der Waals surface area contributed by atoms with Crippen molar-refractivity contribution in [3.63, 3.8) is 0 Å². The maximum atomic E-state index is 13.5. The third kappa shape index (κ3) is 6.29. The van der Waals surface area contributed by atoms with E-state index in [1.54, 1.807) is 0 Å². The zero-order chi connectivity index (χ0) is 18.8. The summed E-state index contributed by atoms with van der Waals surface area (Å²) in [4.78, 5) is 11.7. The van der Waals surface area contributed by atoms with Crippen LogP contribution in [0, 0.1) is 29.1 Å². The molecule has 0 aliphatic rings. The first-order chi connectivity index (χ1) is 11.9. The van der Waals surface area contributed by atoms with Crippen molar-refractivity contribution in [3.05, 3.63) is 34.6 Å². The second-order valence-electron chi connectivity index (χ2n) is 6.03. The minimum Gasteiger partial charge on any atom is -0.352 e. The Morgan fingerprint density at radius 2 is 1.08 bits per heavy atom. The van der Waals surface area contributed by atoms with Gasteiger partial charge < -0.3 is 5.32 Å². The Kier molecular flexibility index (Phi) is 9.45. The molecule has 0 aromatic heterocycles. The molecule has 1 aromatic carbocycles. The summed E-state index contributed by atoms with van der Waals surface area (Å²) < 4.78 is 66.0. The van der Waals surface area contributed by atoms with Gasteiger partial charge in [0.2, 0.25) is 5.82 Å². The largest absolute Gasteiger partial charge is 0.352 e. The second-order valence-corrected chi connectivity index (χ2v) is 6.03. The number of halogens is 5. The van der Waals surface area contributed by atoms with Crippen LogP contribution in [-0.2, 0) is 0 Å². The van der Waals surface area contributed by atoms with Crippen molar-refractivity contribution in [2.24, 2.45) is 0 Å². The topological polar surface area (TPSA) is 29.1 Å². The summed E-state index contributed by atoms with van der Waals surface area (Å²) in [5, 5.41) is 2.20. The van der Waals surface area contributed by atoms with Gasteiger partial charge in [-0.2, -0.15) is 0 Å². The molecule has 0 aliphatic heterocycles. The van der Waals surface area contributed by atoms with E-state index in [2.05, 4.69) is 12.2 Å². The molecule has 0 aliphatic carbocycles. The Hall–Kier alpha value is -1.66. The number of carbonyl (C=O) groups excluding carboxylic acids is 1. The lowest BCUT2D eigenvalue weighted by Crippen LogP contribution is -2.28. The normalized spacial score (nSPS) is 11.0. The second kappa shape index (κ2) is 11.1. The summed E-state index contributed by atoms with van der Waals surface area (Å²) in [6.07, 6.45) is 9.48. The highest BCUT2D eigenvalue weighted by Gasteiger charge is 2.29. The molecule has 1 aromatic rings. The number of hydrogen-bond acceptors (Lipinski definition) is 1. The molecule has 0 heterocycles. The molecule has 0 unspecified atom stereocenters. The predicted octanol–water partition coefficient (Wildman–Crippen LogP) is 5.64. The molecule has 0 fully saturated rings. The van der Waals surface area contributed by atoms with Crippen LogP contribution >= 0.6 is 0 Å². The van der Waals surface area contributed by atoms with Gasteiger partial charge in [0, 0.05) is 6.54 Å². The van der Waals surface area contributed by atoms with Crippen molar-refractivity contribution in [2.75, 3.05) is 6.54 Å². The van der Waals surface area contributed by atoms with Gasteiger partial charge >= 0.3 is 0 Å². The summed E-state index contributed by atoms with van der Waals surface area (Å²) >= 11 is 0. The van der Waals surface area contributed by atoms with E-state index in [1.807, 2.05) is 0 Å². The number of unbranched alkanes of at least 4 members (excludes halogenated alkanes) is 8. The van der Waals surface area contributed by atoms with Crippen molar-refractivity contribution < 1.29 is 26.7 Å². The van der Waals surface area contributed by atoms with E-state index in [0.29, 0.717) is 6.42 Å². The van der Waals surface area contributed by atoms with Crippen LogP contribution in [0.4, 0.5) is 22.0 Å². The number of nitrogens with one attached hydrogen (secondary N) is 1. The Balaban J connectivity index is 2.34. The summed E-state index contributed by atoms with van der Waals surface area (Å²) in [7, 11) is 0. The van der Waals surface area contributed by atoms with Gasteiger partial charge in [-0.15, -0.1) is 0 Å². The Bertz CT molecular complexity index is 548. The monoisotopic (exact) mass is 365 g/mol. The fourth-order valence-electron chi connectivity index (χ4n) is 2.53. The van der Waals surface area contributed by atoms with Crippen LogP contribution in [-0.4, -0.2) is 12.5 Å². The van der Waals surface area contributed by atoms with Gasteiger partial charge in [0.05, 0.1) is 0 Å². The molecule has 0 spiro atoms. The first kappa shape index (κ1) is 21.4. The lowest BCUT2D eigenvalue weighted by atomic mass is 10.1. The van der Waals surface area contributed by atoms with Crippen LogP contribution in [0.3, 0.4) is 0 Å². The summed E-state index contributed by atoms with van der Waals surface area (Å²) in [6.45, 7) is 2.27. The van der Waals surface area contributed by atoms with Gasteiger partial charge in [-0.05, 0) is 6.42 Å². The van der Waals surface area contributed by atoms with E-state index < -0.39 is 40.6 Å². The Labute approximate surface area is 144 Å². The highest BCUT2D eigenvalue weighted by Crippen LogP contribution is 2.22. The number of rotatable bonds is 11. The molecule has 1 N–H and O–H groups in total. The van der Waals surface area contributed by atoms with Crippen molar-refractivity contribution in [3.8, 4) is 0 Å². The smallest absolute Gasteiger partial charge is 0.257 e. The van der Waals surface area contributed by atoms with Crippen LogP contribution in [0.25, 0.3) is 0 Å². The van der Waals surface area contributed by atoms with Gasteiger partial charge in [-0.1, -0.05) is 58.3 Å². The molecule has 1 rings (SSSR count). The SMILES string of the molecule is CCCCCCCCCCCNC(=O)c1c(F)c(F)c(F)c(F)c1F. The molecule has 7 heteroatoms. The molecule has 0 radical (unpaired) electrons. The maximum Gasteiger partial charge on any atom is 0.257 e. The van der Waals surface area contributed by atoms with Crippen molar-refractivity contribution in [1.29, 1.82) is 0 Å². The van der Waals surface area contributed by atoms with Crippen molar-refractivity contribution in [1.82, 2.24) is 5.32 Å². The molecule has 0 bridgehead atoms. The molecule has 25 heavy (non-hydrogen) atoms. The van der Waals surface area contributed by atoms with Crippen LogP contribution in [0.2, 0.25) is 0 Å². The standard InChI is InChI=1S/C18H24F5NO/c1-2-3-4-5-6-7-8-9-10-11-24-18(25)12-13(19)15(21)17(23)16(22)14(12)20/h2-11H2,1H3,(H,24,25). The first-order valence-corrected chi connectivity index (χ1v) is 8.71. The van der Waals surface area contributed by atoms with Gasteiger partial charge in [0.15, 0.2) is 23.3 Å². The number of amides is 1. The van der Waals surface area contributed by atoms with Gasteiger partial charge in [0.25, 0.3) is 5.91 Å². The molecule has 142 valence electrons. The highest BCUT2D eigenvalue weighted by atomic mass is 19.2. The first-order valence-electron chi connectivity index (χ1n) is 8.71. The fourth-order valence-corrected chi connectivity index (χ4v) is 2.53. The van der Waals surface area contributed by atoms with E-state index in [1.165, 1.54) is 25.7 Å². The van der Waals surface area contributed by atoms with E-state index in [0.717, 1.165) is 25.7 Å². The van der Waals surface area contributed by atoms with Gasteiger partial charge in [0.1, 0.15) is 5.56 Å². The molecule has 2 nitrogen and oxygen atoms in total. The zero-order valence-electron chi connectivity index (χ0n) is 14.4. The molecular formula is C18H24F5NO. The maximum absolute atomic E-state index is 13.5.